The van der Waals surface area contributed by atoms with Crippen LogP contribution in [0.15, 0.2) is 29.4 Å². The van der Waals surface area contributed by atoms with E-state index in [1.807, 2.05) is 0 Å². The average Bonchev–Trinajstić information content (AvgIpc) is 2.84. The minimum atomic E-state index is -0.395. The van der Waals surface area contributed by atoms with Crippen LogP contribution in [0, 0.1) is 19.7 Å². The first kappa shape index (κ1) is 18.4. The van der Waals surface area contributed by atoms with Gasteiger partial charge in [-0.3, -0.25) is 4.79 Å². The number of amides is 1. The Balaban J connectivity index is 2.00. The van der Waals surface area contributed by atoms with Crippen molar-refractivity contribution in [2.24, 2.45) is 5.10 Å². The number of benzene rings is 1. The quantitative estimate of drug-likeness (QED) is 0.480. The first-order valence-corrected chi connectivity index (χ1v) is 7.85. The Morgan fingerprint density at radius 1 is 1.28 bits per heavy atom. The minimum absolute atomic E-state index is 0.0917. The standard InChI is InChI=1S/C18H20FN3O3/c1-4-25-18(24)17-11(2)15(21-12(17)3)10-20-22-16(23)9-13-5-7-14(19)8-6-13/h5-8,10,21H,4,9H2,1-3H3,(H,22,23)/b20-10+. The number of aromatic nitrogens is 1. The second kappa shape index (κ2) is 8.23. The summed E-state index contributed by atoms with van der Waals surface area (Å²) in [6, 6.07) is 5.69. The van der Waals surface area contributed by atoms with Gasteiger partial charge in [-0.05, 0) is 44.0 Å². The normalized spacial score (nSPS) is 10.9. The van der Waals surface area contributed by atoms with Crippen LogP contribution in [0.3, 0.4) is 0 Å². The molecule has 2 N–H and O–H groups in total. The van der Waals surface area contributed by atoms with Gasteiger partial charge in [0.25, 0.3) is 0 Å². The lowest BCUT2D eigenvalue weighted by atomic mass is 10.1. The molecule has 2 aromatic rings. The lowest BCUT2D eigenvalue weighted by molar-refractivity contribution is -0.120. The molecule has 0 radical (unpaired) electrons. The van der Waals surface area contributed by atoms with E-state index in [2.05, 4.69) is 15.5 Å². The highest BCUT2D eigenvalue weighted by atomic mass is 19.1. The van der Waals surface area contributed by atoms with Crippen LogP contribution in [-0.2, 0) is 16.0 Å². The fourth-order valence-corrected chi connectivity index (χ4v) is 2.41. The molecular weight excluding hydrogens is 325 g/mol. The number of carbonyl (C=O) groups excluding carboxylic acids is 2. The minimum Gasteiger partial charge on any atom is -0.462 e. The van der Waals surface area contributed by atoms with Gasteiger partial charge in [-0.1, -0.05) is 12.1 Å². The number of carbonyl (C=O) groups is 2. The number of hydrogen-bond acceptors (Lipinski definition) is 4. The summed E-state index contributed by atoms with van der Waals surface area (Å²) < 4.78 is 17.9. The van der Waals surface area contributed by atoms with Crippen LogP contribution in [0.25, 0.3) is 0 Å². The first-order valence-electron chi connectivity index (χ1n) is 7.85. The molecule has 0 fully saturated rings. The van der Waals surface area contributed by atoms with Crippen LogP contribution in [0.4, 0.5) is 4.39 Å². The highest BCUT2D eigenvalue weighted by Crippen LogP contribution is 2.17. The Labute approximate surface area is 145 Å². The fraction of sp³-hybridized carbons (Fsp3) is 0.278. The first-order chi connectivity index (χ1) is 11.9. The molecule has 0 atom stereocenters. The number of hydrogen-bond donors (Lipinski definition) is 2. The molecule has 2 rings (SSSR count). The molecule has 0 aliphatic rings. The van der Waals surface area contributed by atoms with E-state index in [1.54, 1.807) is 32.9 Å². The molecule has 1 aromatic heterocycles. The van der Waals surface area contributed by atoms with E-state index in [0.29, 0.717) is 34.7 Å². The summed E-state index contributed by atoms with van der Waals surface area (Å²) in [6.45, 7) is 5.58. The van der Waals surface area contributed by atoms with Gasteiger partial charge in [0.15, 0.2) is 0 Å². The zero-order valence-corrected chi connectivity index (χ0v) is 14.4. The summed E-state index contributed by atoms with van der Waals surface area (Å²) >= 11 is 0. The number of nitrogens with one attached hydrogen (secondary N) is 2. The average molecular weight is 345 g/mol. The maximum atomic E-state index is 12.8. The van der Waals surface area contributed by atoms with Crippen molar-refractivity contribution in [3.63, 3.8) is 0 Å². The third kappa shape index (κ3) is 4.76. The Bertz CT molecular complexity index is 795. The molecule has 1 heterocycles. The van der Waals surface area contributed by atoms with Gasteiger partial charge in [0.1, 0.15) is 5.82 Å². The van der Waals surface area contributed by atoms with Crippen LogP contribution in [-0.4, -0.2) is 29.7 Å². The van der Waals surface area contributed by atoms with Gasteiger partial charge in [0.2, 0.25) is 5.91 Å². The third-order valence-corrected chi connectivity index (χ3v) is 3.62. The Kier molecular flexibility index (Phi) is 6.05. The number of ether oxygens (including phenoxy) is 1. The van der Waals surface area contributed by atoms with Gasteiger partial charge in [0.05, 0.1) is 30.5 Å². The van der Waals surface area contributed by atoms with E-state index in [0.717, 1.165) is 0 Å². The van der Waals surface area contributed by atoms with E-state index in [1.165, 1.54) is 18.3 Å². The van der Waals surface area contributed by atoms with Crippen molar-refractivity contribution >= 4 is 18.1 Å². The van der Waals surface area contributed by atoms with Crippen LogP contribution < -0.4 is 5.43 Å². The lowest BCUT2D eigenvalue weighted by Gasteiger charge is -2.02. The summed E-state index contributed by atoms with van der Waals surface area (Å²) in [5.74, 6) is -1.07. The predicted octanol–water partition coefficient (Wildman–Crippen LogP) is 2.64. The Morgan fingerprint density at radius 3 is 2.60 bits per heavy atom. The van der Waals surface area contributed by atoms with E-state index >= 15 is 0 Å². The summed E-state index contributed by atoms with van der Waals surface area (Å²) in [6.07, 6.45) is 1.53. The Hall–Kier alpha value is -2.96. The molecule has 0 saturated heterocycles. The number of H-pyrrole nitrogens is 1. The number of aryl methyl sites for hydroxylation is 1. The molecule has 132 valence electrons. The fourth-order valence-electron chi connectivity index (χ4n) is 2.41. The van der Waals surface area contributed by atoms with Crippen molar-refractivity contribution in [1.29, 1.82) is 0 Å². The van der Waals surface area contributed by atoms with Crippen molar-refractivity contribution in [2.45, 2.75) is 27.2 Å². The number of aromatic amines is 1. The van der Waals surface area contributed by atoms with Gasteiger partial charge in [-0.15, -0.1) is 0 Å². The predicted molar refractivity (Wildman–Crippen MR) is 92.1 cm³/mol. The zero-order valence-electron chi connectivity index (χ0n) is 14.4. The molecule has 0 spiro atoms. The van der Waals surface area contributed by atoms with Gasteiger partial charge < -0.3 is 9.72 Å². The van der Waals surface area contributed by atoms with Crippen LogP contribution in [0.2, 0.25) is 0 Å². The van der Waals surface area contributed by atoms with Gasteiger partial charge in [0, 0.05) is 5.69 Å². The van der Waals surface area contributed by atoms with Crippen LogP contribution >= 0.6 is 0 Å². The SMILES string of the molecule is CCOC(=O)c1c(C)[nH]c(/C=N/NC(=O)Cc2ccc(F)cc2)c1C. The lowest BCUT2D eigenvalue weighted by Crippen LogP contribution is -2.19. The molecule has 7 heteroatoms. The van der Waals surface area contributed by atoms with E-state index in [-0.39, 0.29) is 18.1 Å². The van der Waals surface area contributed by atoms with Crippen molar-refractivity contribution in [1.82, 2.24) is 10.4 Å². The smallest absolute Gasteiger partial charge is 0.340 e. The summed E-state index contributed by atoms with van der Waals surface area (Å²) in [7, 11) is 0. The maximum Gasteiger partial charge on any atom is 0.340 e. The largest absolute Gasteiger partial charge is 0.462 e. The molecule has 1 amide bonds. The van der Waals surface area contributed by atoms with Crippen molar-refractivity contribution in [3.05, 3.63) is 58.2 Å². The second-order valence-electron chi connectivity index (χ2n) is 5.48. The van der Waals surface area contributed by atoms with Gasteiger partial charge >= 0.3 is 5.97 Å². The summed E-state index contributed by atoms with van der Waals surface area (Å²) in [5.41, 5.74) is 5.55. The highest BCUT2D eigenvalue weighted by molar-refractivity contribution is 5.96. The molecule has 0 saturated carbocycles. The third-order valence-electron chi connectivity index (χ3n) is 3.62. The monoisotopic (exact) mass is 345 g/mol. The molecule has 1 aromatic carbocycles. The van der Waals surface area contributed by atoms with Crippen molar-refractivity contribution in [3.8, 4) is 0 Å². The van der Waals surface area contributed by atoms with Gasteiger partial charge in [-0.25, -0.2) is 14.6 Å². The van der Waals surface area contributed by atoms with Crippen LogP contribution in [0.1, 0.15) is 39.8 Å². The topological polar surface area (TPSA) is 83.6 Å². The molecule has 0 unspecified atom stereocenters. The number of rotatable bonds is 6. The molecular formula is C18H20FN3O3. The second-order valence-corrected chi connectivity index (χ2v) is 5.48. The zero-order chi connectivity index (χ0) is 18.4. The van der Waals surface area contributed by atoms with Crippen molar-refractivity contribution in [2.75, 3.05) is 6.61 Å². The molecule has 0 bridgehead atoms. The molecule has 0 aliphatic heterocycles. The van der Waals surface area contributed by atoms with Crippen LogP contribution in [0.5, 0.6) is 0 Å². The number of esters is 1. The summed E-state index contributed by atoms with van der Waals surface area (Å²) in [5, 5.41) is 3.89. The maximum absolute atomic E-state index is 12.8. The molecule has 25 heavy (non-hydrogen) atoms. The number of nitrogens with zero attached hydrogens (tertiary/aromatic N) is 1. The highest BCUT2D eigenvalue weighted by Gasteiger charge is 2.18. The van der Waals surface area contributed by atoms with E-state index in [4.69, 9.17) is 4.74 Å². The number of halogens is 1. The molecule has 0 aliphatic carbocycles. The number of hydrazone groups is 1. The summed E-state index contributed by atoms with van der Waals surface area (Å²) in [4.78, 5) is 26.8. The van der Waals surface area contributed by atoms with E-state index < -0.39 is 5.97 Å². The molecule has 6 nitrogen and oxygen atoms in total. The van der Waals surface area contributed by atoms with Crippen molar-refractivity contribution < 1.29 is 18.7 Å². The van der Waals surface area contributed by atoms with E-state index in [9.17, 15) is 14.0 Å². The Morgan fingerprint density at radius 2 is 1.96 bits per heavy atom. The van der Waals surface area contributed by atoms with Gasteiger partial charge in [-0.2, -0.15) is 5.10 Å².